The summed E-state index contributed by atoms with van der Waals surface area (Å²) < 4.78 is 5.20. The first-order valence-corrected chi connectivity index (χ1v) is 7.16. The van der Waals surface area contributed by atoms with Gasteiger partial charge in [-0.1, -0.05) is 25.5 Å². The molecule has 1 aromatic carbocycles. The summed E-state index contributed by atoms with van der Waals surface area (Å²) in [5.74, 6) is 1.59. The Bertz CT molecular complexity index is 404. The molecule has 0 heterocycles. The maximum absolute atomic E-state index is 6.10. The third-order valence-corrected chi connectivity index (χ3v) is 4.86. The van der Waals surface area contributed by atoms with Crippen LogP contribution in [0.5, 0.6) is 5.75 Å². The number of methoxy groups -OCH3 is 1. The molecule has 1 aromatic rings. The molecule has 3 nitrogen and oxygen atoms in total. The Morgan fingerprint density at radius 3 is 2.53 bits per heavy atom. The molecular formula is C16H26N2O. The first kappa shape index (κ1) is 14.4. The van der Waals surface area contributed by atoms with Crippen molar-refractivity contribution < 1.29 is 4.74 Å². The monoisotopic (exact) mass is 262 g/mol. The van der Waals surface area contributed by atoms with Gasteiger partial charge in [0.25, 0.3) is 0 Å². The van der Waals surface area contributed by atoms with Gasteiger partial charge in [0.05, 0.1) is 7.11 Å². The predicted octanol–water partition coefficient (Wildman–Crippen LogP) is 2.64. The van der Waals surface area contributed by atoms with Crippen molar-refractivity contribution in [2.75, 3.05) is 20.7 Å². The largest absolute Gasteiger partial charge is 0.497 e. The lowest BCUT2D eigenvalue weighted by Crippen LogP contribution is -2.53. The normalized spacial score (nSPS) is 26.9. The smallest absolute Gasteiger partial charge is 0.118 e. The molecule has 2 N–H and O–H groups in total. The molecule has 106 valence electrons. The molecule has 1 aliphatic rings. The molecule has 3 heteroatoms. The second-order valence-electron chi connectivity index (χ2n) is 5.81. The number of hydrogen-bond donors (Lipinski definition) is 1. The third kappa shape index (κ3) is 2.77. The minimum absolute atomic E-state index is 0.180. The van der Waals surface area contributed by atoms with Gasteiger partial charge in [-0.25, -0.2) is 0 Å². The van der Waals surface area contributed by atoms with Gasteiger partial charge in [-0.3, -0.25) is 4.90 Å². The van der Waals surface area contributed by atoms with Crippen molar-refractivity contribution in [2.45, 2.75) is 38.3 Å². The van der Waals surface area contributed by atoms with E-state index >= 15 is 0 Å². The zero-order chi connectivity index (χ0) is 13.9. The minimum Gasteiger partial charge on any atom is -0.497 e. The van der Waals surface area contributed by atoms with Crippen LogP contribution in [0, 0.1) is 5.92 Å². The molecule has 0 spiro atoms. The summed E-state index contributed by atoms with van der Waals surface area (Å²) in [5.41, 5.74) is 7.59. The minimum atomic E-state index is 0.180. The van der Waals surface area contributed by atoms with Crippen LogP contribution in [0.25, 0.3) is 0 Å². The first-order chi connectivity index (χ1) is 9.12. The number of rotatable bonds is 5. The molecule has 1 saturated carbocycles. The lowest BCUT2D eigenvalue weighted by Gasteiger charge is -2.42. The standard InChI is InChI=1S/C16H26N2O/c1-13-5-4-10-16(13,12-17)18(2)11-14-6-8-15(19-3)9-7-14/h6-9,13H,4-5,10-12,17H2,1-3H3. The van der Waals surface area contributed by atoms with Crippen molar-refractivity contribution >= 4 is 0 Å². The fourth-order valence-electron chi connectivity index (χ4n) is 3.42. The van der Waals surface area contributed by atoms with E-state index in [2.05, 4.69) is 31.0 Å². The molecule has 0 aliphatic heterocycles. The van der Waals surface area contributed by atoms with Gasteiger partial charge in [-0.05, 0) is 43.5 Å². The highest BCUT2D eigenvalue weighted by Crippen LogP contribution is 2.39. The summed E-state index contributed by atoms with van der Waals surface area (Å²) >= 11 is 0. The fourth-order valence-corrected chi connectivity index (χ4v) is 3.42. The first-order valence-electron chi connectivity index (χ1n) is 7.16. The molecule has 0 radical (unpaired) electrons. The SMILES string of the molecule is COc1ccc(CN(C)C2(CN)CCCC2C)cc1. The number of benzene rings is 1. The number of nitrogens with zero attached hydrogens (tertiary/aromatic N) is 1. The van der Waals surface area contributed by atoms with Crippen LogP contribution in [0.4, 0.5) is 0 Å². The highest BCUT2D eigenvalue weighted by Gasteiger charge is 2.42. The van der Waals surface area contributed by atoms with E-state index in [4.69, 9.17) is 10.5 Å². The van der Waals surface area contributed by atoms with E-state index in [1.54, 1.807) is 7.11 Å². The van der Waals surface area contributed by atoms with Gasteiger partial charge in [-0.15, -0.1) is 0 Å². The molecule has 19 heavy (non-hydrogen) atoms. The van der Waals surface area contributed by atoms with Crippen LogP contribution in [0.15, 0.2) is 24.3 Å². The quantitative estimate of drug-likeness (QED) is 0.886. The predicted molar refractivity (Wildman–Crippen MR) is 79.3 cm³/mol. The Balaban J connectivity index is 2.08. The molecule has 1 aliphatic carbocycles. The third-order valence-electron chi connectivity index (χ3n) is 4.86. The van der Waals surface area contributed by atoms with E-state index in [1.807, 2.05) is 12.1 Å². The highest BCUT2D eigenvalue weighted by molar-refractivity contribution is 5.27. The van der Waals surface area contributed by atoms with E-state index < -0.39 is 0 Å². The highest BCUT2D eigenvalue weighted by atomic mass is 16.5. The van der Waals surface area contributed by atoms with E-state index in [1.165, 1.54) is 24.8 Å². The summed E-state index contributed by atoms with van der Waals surface area (Å²) in [6, 6.07) is 8.32. The summed E-state index contributed by atoms with van der Waals surface area (Å²) in [6.07, 6.45) is 3.81. The zero-order valence-electron chi connectivity index (χ0n) is 12.4. The molecular weight excluding hydrogens is 236 g/mol. The zero-order valence-corrected chi connectivity index (χ0v) is 12.4. The number of nitrogens with two attached hydrogens (primary N) is 1. The Morgan fingerprint density at radius 2 is 2.05 bits per heavy atom. The van der Waals surface area contributed by atoms with Crippen molar-refractivity contribution in [2.24, 2.45) is 11.7 Å². The topological polar surface area (TPSA) is 38.5 Å². The van der Waals surface area contributed by atoms with Crippen molar-refractivity contribution in [1.29, 1.82) is 0 Å². The summed E-state index contributed by atoms with van der Waals surface area (Å²) in [4.78, 5) is 2.45. The van der Waals surface area contributed by atoms with Crippen LogP contribution in [-0.2, 0) is 6.54 Å². The number of hydrogen-bond acceptors (Lipinski definition) is 3. The summed E-state index contributed by atoms with van der Waals surface area (Å²) in [7, 11) is 3.91. The van der Waals surface area contributed by atoms with Gasteiger partial charge in [0, 0.05) is 18.6 Å². The average molecular weight is 262 g/mol. The number of likely N-dealkylation sites (N-methyl/N-ethyl adjacent to an activating group) is 1. The van der Waals surface area contributed by atoms with Crippen molar-refractivity contribution in [3.63, 3.8) is 0 Å². The lowest BCUT2D eigenvalue weighted by atomic mass is 9.86. The number of ether oxygens (including phenoxy) is 1. The second-order valence-corrected chi connectivity index (χ2v) is 5.81. The van der Waals surface area contributed by atoms with Crippen LogP contribution in [-0.4, -0.2) is 31.1 Å². The van der Waals surface area contributed by atoms with Gasteiger partial charge in [-0.2, -0.15) is 0 Å². The van der Waals surface area contributed by atoms with Gasteiger partial charge < -0.3 is 10.5 Å². The van der Waals surface area contributed by atoms with E-state index in [0.29, 0.717) is 5.92 Å². The van der Waals surface area contributed by atoms with Crippen molar-refractivity contribution in [3.8, 4) is 5.75 Å². The van der Waals surface area contributed by atoms with Gasteiger partial charge in [0.2, 0.25) is 0 Å². The van der Waals surface area contributed by atoms with E-state index in [9.17, 15) is 0 Å². The maximum Gasteiger partial charge on any atom is 0.118 e. The van der Waals surface area contributed by atoms with Crippen LogP contribution < -0.4 is 10.5 Å². The van der Waals surface area contributed by atoms with Gasteiger partial charge >= 0.3 is 0 Å². The molecule has 2 rings (SSSR count). The van der Waals surface area contributed by atoms with Crippen LogP contribution in [0.3, 0.4) is 0 Å². The lowest BCUT2D eigenvalue weighted by molar-refractivity contribution is 0.0841. The van der Waals surface area contributed by atoms with E-state index in [-0.39, 0.29) is 5.54 Å². The van der Waals surface area contributed by atoms with Crippen molar-refractivity contribution in [1.82, 2.24) is 4.90 Å². The summed E-state index contributed by atoms with van der Waals surface area (Å²) in [6.45, 7) is 4.04. The molecule has 0 amide bonds. The molecule has 1 fully saturated rings. The Morgan fingerprint density at radius 1 is 1.37 bits per heavy atom. The molecule has 2 unspecified atom stereocenters. The molecule has 0 bridgehead atoms. The van der Waals surface area contributed by atoms with E-state index in [0.717, 1.165) is 18.8 Å². The van der Waals surface area contributed by atoms with Gasteiger partial charge in [0.15, 0.2) is 0 Å². The molecule has 0 saturated heterocycles. The fraction of sp³-hybridized carbons (Fsp3) is 0.625. The van der Waals surface area contributed by atoms with Gasteiger partial charge in [0.1, 0.15) is 5.75 Å². The Kier molecular flexibility index (Phi) is 4.48. The Labute approximate surface area is 116 Å². The average Bonchev–Trinajstić information content (AvgIpc) is 2.82. The molecule has 0 aromatic heterocycles. The van der Waals surface area contributed by atoms with Crippen LogP contribution in [0.1, 0.15) is 31.7 Å². The Hall–Kier alpha value is -1.06. The second kappa shape index (κ2) is 5.93. The van der Waals surface area contributed by atoms with Crippen LogP contribution in [0.2, 0.25) is 0 Å². The molecule has 2 atom stereocenters. The summed E-state index contributed by atoms with van der Waals surface area (Å²) in [5, 5.41) is 0. The van der Waals surface area contributed by atoms with Crippen molar-refractivity contribution in [3.05, 3.63) is 29.8 Å². The maximum atomic E-state index is 6.10. The van der Waals surface area contributed by atoms with Crippen LogP contribution >= 0.6 is 0 Å².